The third-order valence-corrected chi connectivity index (χ3v) is 4.29. The molecule has 1 saturated heterocycles. The summed E-state index contributed by atoms with van der Waals surface area (Å²) in [5, 5.41) is 0. The fraction of sp³-hybridized carbons (Fsp3) is 0.263. The molecule has 1 heterocycles. The smallest absolute Gasteiger partial charge is 0.272 e. The van der Waals surface area contributed by atoms with Gasteiger partial charge in [0.2, 0.25) is 0 Å². The summed E-state index contributed by atoms with van der Waals surface area (Å²) in [6.45, 7) is 3.35. The Morgan fingerprint density at radius 2 is 1.54 bits per heavy atom. The van der Waals surface area contributed by atoms with Gasteiger partial charge in [0.1, 0.15) is 5.82 Å². The molecule has 0 spiro atoms. The predicted molar refractivity (Wildman–Crippen MR) is 97.1 cm³/mol. The molecule has 6 nitrogen and oxygen atoms in total. The summed E-state index contributed by atoms with van der Waals surface area (Å²) in [4.78, 5) is 28.2. The SMILES string of the molecule is O=C(CN1CCN(c2ccccc2)CC1)NNC(=O)c1ccccc1F. The Morgan fingerprint density at radius 3 is 2.23 bits per heavy atom. The first-order valence-electron chi connectivity index (χ1n) is 8.49. The molecule has 0 saturated carbocycles. The molecule has 2 aromatic rings. The van der Waals surface area contributed by atoms with Gasteiger partial charge in [0.25, 0.3) is 11.8 Å². The Bertz CT molecular complexity index is 761. The van der Waals surface area contributed by atoms with Gasteiger partial charge in [0.15, 0.2) is 0 Å². The van der Waals surface area contributed by atoms with Crippen molar-refractivity contribution in [3.8, 4) is 0 Å². The molecule has 2 aromatic carbocycles. The molecule has 0 aliphatic carbocycles. The third-order valence-electron chi connectivity index (χ3n) is 4.29. The average molecular weight is 356 g/mol. The first kappa shape index (κ1) is 17.9. The second-order valence-electron chi connectivity index (χ2n) is 6.08. The summed E-state index contributed by atoms with van der Waals surface area (Å²) < 4.78 is 13.5. The van der Waals surface area contributed by atoms with Crippen LogP contribution in [0.1, 0.15) is 10.4 Å². The van der Waals surface area contributed by atoms with Crippen molar-refractivity contribution in [3.05, 3.63) is 66.0 Å². The van der Waals surface area contributed by atoms with Crippen LogP contribution in [-0.2, 0) is 4.79 Å². The zero-order valence-corrected chi connectivity index (χ0v) is 14.3. The Labute approximate surface area is 151 Å². The maximum absolute atomic E-state index is 13.5. The molecule has 7 heteroatoms. The molecule has 0 radical (unpaired) electrons. The summed E-state index contributed by atoms with van der Waals surface area (Å²) in [6.07, 6.45) is 0. The zero-order chi connectivity index (χ0) is 18.4. The second kappa shape index (κ2) is 8.44. The number of nitrogens with one attached hydrogen (secondary N) is 2. The third kappa shape index (κ3) is 4.58. The van der Waals surface area contributed by atoms with Crippen molar-refractivity contribution >= 4 is 17.5 Å². The lowest BCUT2D eigenvalue weighted by molar-refractivity contribution is -0.123. The Balaban J connectivity index is 1.42. The highest BCUT2D eigenvalue weighted by Crippen LogP contribution is 2.15. The fourth-order valence-electron chi connectivity index (χ4n) is 2.88. The maximum Gasteiger partial charge on any atom is 0.272 e. The van der Waals surface area contributed by atoms with Crippen LogP contribution in [0.15, 0.2) is 54.6 Å². The highest BCUT2D eigenvalue weighted by molar-refractivity contribution is 5.95. The van der Waals surface area contributed by atoms with E-state index >= 15 is 0 Å². The molecule has 26 heavy (non-hydrogen) atoms. The van der Waals surface area contributed by atoms with Crippen LogP contribution >= 0.6 is 0 Å². The Hall–Kier alpha value is -2.93. The lowest BCUT2D eigenvalue weighted by Gasteiger charge is -2.35. The van der Waals surface area contributed by atoms with Gasteiger partial charge >= 0.3 is 0 Å². The van der Waals surface area contributed by atoms with Crippen molar-refractivity contribution < 1.29 is 14.0 Å². The minimum Gasteiger partial charge on any atom is -0.369 e. The van der Waals surface area contributed by atoms with Gasteiger partial charge in [-0.3, -0.25) is 25.3 Å². The molecule has 0 bridgehead atoms. The van der Waals surface area contributed by atoms with Crippen molar-refractivity contribution in [1.29, 1.82) is 0 Å². The van der Waals surface area contributed by atoms with Gasteiger partial charge in [-0.25, -0.2) is 4.39 Å². The van der Waals surface area contributed by atoms with Gasteiger partial charge in [-0.15, -0.1) is 0 Å². The first-order valence-corrected chi connectivity index (χ1v) is 8.49. The Morgan fingerprint density at radius 1 is 0.885 bits per heavy atom. The number of anilines is 1. The lowest BCUT2D eigenvalue weighted by atomic mass is 10.2. The zero-order valence-electron chi connectivity index (χ0n) is 14.3. The van der Waals surface area contributed by atoms with E-state index in [1.165, 1.54) is 23.9 Å². The minimum atomic E-state index is -0.676. The van der Waals surface area contributed by atoms with Crippen molar-refractivity contribution in [2.75, 3.05) is 37.6 Å². The standard InChI is InChI=1S/C19H21FN4O2/c20-17-9-5-4-8-16(17)19(26)22-21-18(25)14-23-10-12-24(13-11-23)15-6-2-1-3-7-15/h1-9H,10-14H2,(H,21,25)(H,22,26). The van der Waals surface area contributed by atoms with Crippen LogP contribution in [0.5, 0.6) is 0 Å². The second-order valence-corrected chi connectivity index (χ2v) is 6.08. The fourth-order valence-corrected chi connectivity index (χ4v) is 2.88. The number of piperazine rings is 1. The molecule has 0 unspecified atom stereocenters. The summed E-state index contributed by atoms with van der Waals surface area (Å²) >= 11 is 0. The molecule has 3 rings (SSSR count). The number of amides is 2. The summed E-state index contributed by atoms with van der Waals surface area (Å²) in [5.41, 5.74) is 5.65. The van der Waals surface area contributed by atoms with E-state index in [1.807, 2.05) is 23.1 Å². The van der Waals surface area contributed by atoms with Crippen molar-refractivity contribution in [2.45, 2.75) is 0 Å². The molecule has 1 fully saturated rings. The van der Waals surface area contributed by atoms with E-state index in [4.69, 9.17) is 0 Å². The summed E-state index contributed by atoms with van der Waals surface area (Å²) in [6, 6.07) is 15.8. The number of halogens is 1. The van der Waals surface area contributed by atoms with E-state index in [-0.39, 0.29) is 18.0 Å². The number of hydrazine groups is 1. The van der Waals surface area contributed by atoms with Gasteiger partial charge < -0.3 is 4.90 Å². The molecule has 0 aromatic heterocycles. The quantitative estimate of drug-likeness (QED) is 0.813. The number of carbonyl (C=O) groups excluding carboxylic acids is 2. The predicted octanol–water partition coefficient (Wildman–Crippen LogP) is 1.41. The number of benzene rings is 2. The van der Waals surface area contributed by atoms with Crippen molar-refractivity contribution in [3.63, 3.8) is 0 Å². The van der Waals surface area contributed by atoms with E-state index in [0.717, 1.165) is 26.2 Å². The number of hydrogen-bond acceptors (Lipinski definition) is 4. The van der Waals surface area contributed by atoms with E-state index in [1.54, 1.807) is 6.07 Å². The number of para-hydroxylation sites is 1. The van der Waals surface area contributed by atoms with E-state index in [9.17, 15) is 14.0 Å². The molecule has 136 valence electrons. The largest absolute Gasteiger partial charge is 0.369 e. The van der Waals surface area contributed by atoms with Gasteiger partial charge in [0.05, 0.1) is 12.1 Å². The topological polar surface area (TPSA) is 64.7 Å². The summed E-state index contributed by atoms with van der Waals surface area (Å²) in [7, 11) is 0. The van der Waals surface area contributed by atoms with Gasteiger partial charge in [0, 0.05) is 31.9 Å². The van der Waals surface area contributed by atoms with Gasteiger partial charge in [-0.1, -0.05) is 30.3 Å². The van der Waals surface area contributed by atoms with E-state index < -0.39 is 11.7 Å². The molecule has 0 atom stereocenters. The molecular formula is C19H21FN4O2. The van der Waals surface area contributed by atoms with Crippen LogP contribution in [-0.4, -0.2) is 49.4 Å². The van der Waals surface area contributed by atoms with E-state index in [2.05, 4.69) is 27.9 Å². The van der Waals surface area contributed by atoms with Crippen LogP contribution < -0.4 is 15.8 Å². The van der Waals surface area contributed by atoms with Gasteiger partial charge in [-0.05, 0) is 24.3 Å². The number of nitrogens with zero attached hydrogens (tertiary/aromatic N) is 2. The molecular weight excluding hydrogens is 335 g/mol. The van der Waals surface area contributed by atoms with Crippen molar-refractivity contribution in [1.82, 2.24) is 15.8 Å². The summed E-state index contributed by atoms with van der Waals surface area (Å²) in [5.74, 6) is -1.63. The monoisotopic (exact) mass is 356 g/mol. The van der Waals surface area contributed by atoms with Crippen LogP contribution in [0, 0.1) is 5.82 Å². The van der Waals surface area contributed by atoms with Crippen LogP contribution in [0.2, 0.25) is 0 Å². The lowest BCUT2D eigenvalue weighted by Crippen LogP contribution is -2.52. The number of rotatable bonds is 4. The normalized spacial score (nSPS) is 14.7. The Kier molecular flexibility index (Phi) is 5.80. The van der Waals surface area contributed by atoms with Crippen molar-refractivity contribution in [2.24, 2.45) is 0 Å². The molecule has 2 N–H and O–H groups in total. The molecule has 1 aliphatic heterocycles. The average Bonchev–Trinajstić information content (AvgIpc) is 2.68. The number of carbonyl (C=O) groups is 2. The number of hydrogen-bond donors (Lipinski definition) is 2. The highest BCUT2D eigenvalue weighted by Gasteiger charge is 2.19. The highest BCUT2D eigenvalue weighted by atomic mass is 19.1. The van der Waals surface area contributed by atoms with Crippen LogP contribution in [0.25, 0.3) is 0 Å². The minimum absolute atomic E-state index is 0.107. The van der Waals surface area contributed by atoms with Gasteiger partial charge in [-0.2, -0.15) is 0 Å². The first-order chi connectivity index (χ1) is 12.6. The molecule has 1 aliphatic rings. The van der Waals surface area contributed by atoms with Crippen LogP contribution in [0.3, 0.4) is 0 Å². The molecule has 2 amide bonds. The maximum atomic E-state index is 13.5. The van der Waals surface area contributed by atoms with Crippen LogP contribution in [0.4, 0.5) is 10.1 Å². The van der Waals surface area contributed by atoms with E-state index in [0.29, 0.717) is 0 Å².